The fraction of sp³-hybridized carbons (Fsp3) is 0.412. The number of ether oxygens (including phenoxy) is 1. The van der Waals surface area contributed by atoms with E-state index in [-0.39, 0.29) is 24.8 Å². The number of aromatic nitrogens is 2. The first-order valence-corrected chi connectivity index (χ1v) is 8.24. The third kappa shape index (κ3) is 3.25. The third-order valence-corrected chi connectivity index (χ3v) is 4.33. The molecule has 0 saturated carbocycles. The minimum absolute atomic E-state index is 0.0474. The van der Waals surface area contributed by atoms with Gasteiger partial charge in [0.25, 0.3) is 5.91 Å². The Bertz CT molecular complexity index is 798. The number of anilines is 1. The van der Waals surface area contributed by atoms with Gasteiger partial charge in [0.2, 0.25) is 11.6 Å². The SMILES string of the molecule is CCOc1ccc(N2C(=O)CC(N(C)Cc3c([O-])on[n+]3C)C2=O)cc1. The lowest BCUT2D eigenvalue weighted by molar-refractivity contribution is -0.747. The normalized spacial score (nSPS) is 17.4. The first kappa shape index (κ1) is 17.9. The number of rotatable bonds is 6. The Morgan fingerprint density at radius 2 is 2.08 bits per heavy atom. The number of imide groups is 1. The van der Waals surface area contributed by atoms with Crippen molar-refractivity contribution in [3.63, 3.8) is 0 Å². The van der Waals surface area contributed by atoms with Gasteiger partial charge in [0.15, 0.2) is 13.0 Å². The zero-order chi connectivity index (χ0) is 18.8. The van der Waals surface area contributed by atoms with Gasteiger partial charge < -0.3 is 14.4 Å². The van der Waals surface area contributed by atoms with E-state index in [4.69, 9.17) is 4.74 Å². The molecular formula is C17H20N4O5. The summed E-state index contributed by atoms with van der Waals surface area (Å²) in [4.78, 5) is 28.0. The van der Waals surface area contributed by atoms with E-state index in [0.29, 0.717) is 23.7 Å². The molecule has 0 spiro atoms. The minimum atomic E-state index is -0.650. The molecule has 1 atom stereocenters. The van der Waals surface area contributed by atoms with Crippen LogP contribution >= 0.6 is 0 Å². The summed E-state index contributed by atoms with van der Waals surface area (Å²) in [5.74, 6) is -0.493. The maximum absolute atomic E-state index is 12.8. The second-order valence-electron chi connectivity index (χ2n) is 6.06. The van der Waals surface area contributed by atoms with Crippen LogP contribution in [0, 0.1) is 0 Å². The zero-order valence-electron chi connectivity index (χ0n) is 14.8. The molecule has 1 saturated heterocycles. The Hall–Kier alpha value is -2.94. The first-order valence-electron chi connectivity index (χ1n) is 8.24. The average Bonchev–Trinajstić information content (AvgIpc) is 3.09. The number of benzene rings is 1. The van der Waals surface area contributed by atoms with Gasteiger partial charge in [-0.3, -0.25) is 14.5 Å². The highest BCUT2D eigenvalue weighted by molar-refractivity contribution is 6.22. The van der Waals surface area contributed by atoms with Crippen molar-refractivity contribution in [1.82, 2.24) is 10.2 Å². The number of carbonyl (C=O) groups excluding carboxylic acids is 2. The van der Waals surface area contributed by atoms with Crippen LogP contribution in [0.1, 0.15) is 19.0 Å². The molecule has 1 aliphatic rings. The van der Waals surface area contributed by atoms with Gasteiger partial charge in [-0.2, -0.15) is 0 Å². The molecule has 26 heavy (non-hydrogen) atoms. The molecule has 0 N–H and O–H groups in total. The number of amides is 2. The topological polar surface area (TPSA) is 103 Å². The van der Waals surface area contributed by atoms with Crippen molar-refractivity contribution < 1.29 is 28.6 Å². The molecule has 1 aromatic heterocycles. The molecule has 2 aromatic rings. The van der Waals surface area contributed by atoms with Crippen molar-refractivity contribution >= 4 is 17.5 Å². The van der Waals surface area contributed by atoms with Gasteiger partial charge in [0, 0.05) is 0 Å². The molecule has 9 heteroatoms. The fourth-order valence-corrected chi connectivity index (χ4v) is 2.94. The molecular weight excluding hydrogens is 340 g/mol. The Balaban J connectivity index is 1.75. The Morgan fingerprint density at radius 3 is 2.65 bits per heavy atom. The second-order valence-corrected chi connectivity index (χ2v) is 6.06. The summed E-state index contributed by atoms with van der Waals surface area (Å²) in [6.45, 7) is 2.57. The van der Waals surface area contributed by atoms with Gasteiger partial charge in [-0.05, 0) is 38.2 Å². The van der Waals surface area contributed by atoms with Gasteiger partial charge >= 0.3 is 0 Å². The Morgan fingerprint density at radius 1 is 1.38 bits per heavy atom. The molecule has 2 heterocycles. The molecule has 2 amide bonds. The average molecular weight is 360 g/mol. The molecule has 138 valence electrons. The Labute approximate surface area is 150 Å². The minimum Gasteiger partial charge on any atom is -0.539 e. The molecule has 1 unspecified atom stereocenters. The molecule has 1 fully saturated rings. The van der Waals surface area contributed by atoms with E-state index in [1.165, 1.54) is 9.58 Å². The summed E-state index contributed by atoms with van der Waals surface area (Å²) in [5, 5.41) is 15.2. The van der Waals surface area contributed by atoms with E-state index in [0.717, 1.165) is 0 Å². The smallest absolute Gasteiger partial charge is 0.251 e. The van der Waals surface area contributed by atoms with Gasteiger partial charge in [0.1, 0.15) is 5.75 Å². The molecule has 0 radical (unpaired) electrons. The molecule has 0 aliphatic carbocycles. The summed E-state index contributed by atoms with van der Waals surface area (Å²) >= 11 is 0. The van der Waals surface area contributed by atoms with Crippen LogP contribution in [0.4, 0.5) is 5.69 Å². The standard InChI is InChI=1S/C17H20N4O5/c1-4-25-12-7-5-11(6-8-12)21-15(22)9-13(16(21)23)19(2)10-14-17(24)26-18-20(14)3/h5-8,13H,4,9-10H2,1-3H3. The third-order valence-electron chi connectivity index (χ3n) is 4.33. The van der Waals surface area contributed by atoms with E-state index in [2.05, 4.69) is 9.79 Å². The van der Waals surface area contributed by atoms with Crippen LogP contribution in [0.2, 0.25) is 0 Å². The number of hydrogen-bond donors (Lipinski definition) is 0. The highest BCUT2D eigenvalue weighted by Gasteiger charge is 2.42. The predicted molar refractivity (Wildman–Crippen MR) is 87.1 cm³/mol. The van der Waals surface area contributed by atoms with E-state index < -0.39 is 12.0 Å². The number of carbonyl (C=O) groups is 2. The van der Waals surface area contributed by atoms with Crippen molar-refractivity contribution in [2.24, 2.45) is 7.05 Å². The van der Waals surface area contributed by atoms with Gasteiger partial charge in [-0.15, -0.1) is 0 Å². The number of aryl methyl sites for hydroxylation is 1. The van der Waals surface area contributed by atoms with Crippen LogP contribution in [-0.4, -0.2) is 41.7 Å². The molecule has 1 aliphatic heterocycles. The van der Waals surface area contributed by atoms with Gasteiger partial charge in [-0.25, -0.2) is 4.90 Å². The fourth-order valence-electron chi connectivity index (χ4n) is 2.94. The van der Waals surface area contributed by atoms with Crippen molar-refractivity contribution in [3.05, 3.63) is 30.0 Å². The van der Waals surface area contributed by atoms with Gasteiger partial charge in [-0.1, -0.05) is 4.68 Å². The quantitative estimate of drug-likeness (QED) is 0.516. The number of likely N-dealkylation sites (N-methyl/N-ethyl adjacent to an activating group) is 1. The second kappa shape index (κ2) is 7.12. The molecule has 1 aromatic carbocycles. The number of hydrogen-bond acceptors (Lipinski definition) is 7. The van der Waals surface area contributed by atoms with Crippen LogP contribution in [-0.2, 0) is 23.2 Å². The summed E-state index contributed by atoms with van der Waals surface area (Å²) in [7, 11) is 3.27. The van der Waals surface area contributed by atoms with Crippen LogP contribution in [0.3, 0.4) is 0 Å². The van der Waals surface area contributed by atoms with E-state index in [1.54, 1.807) is 43.3 Å². The Kier molecular flexibility index (Phi) is 4.90. The maximum Gasteiger partial charge on any atom is 0.251 e. The van der Waals surface area contributed by atoms with Crippen LogP contribution < -0.4 is 19.4 Å². The van der Waals surface area contributed by atoms with E-state index >= 15 is 0 Å². The molecule has 3 rings (SSSR count). The zero-order valence-corrected chi connectivity index (χ0v) is 14.8. The highest BCUT2D eigenvalue weighted by atomic mass is 16.6. The lowest BCUT2D eigenvalue weighted by Crippen LogP contribution is -2.43. The first-order chi connectivity index (χ1) is 12.4. The molecule has 9 nitrogen and oxygen atoms in total. The predicted octanol–water partition coefficient (Wildman–Crippen LogP) is -0.265. The van der Waals surface area contributed by atoms with Gasteiger partial charge in [0.05, 0.1) is 36.6 Å². The highest BCUT2D eigenvalue weighted by Crippen LogP contribution is 2.27. The monoisotopic (exact) mass is 360 g/mol. The summed E-state index contributed by atoms with van der Waals surface area (Å²) in [5.41, 5.74) is 0.812. The largest absolute Gasteiger partial charge is 0.539 e. The van der Waals surface area contributed by atoms with Crippen LogP contribution in [0.15, 0.2) is 28.8 Å². The van der Waals surface area contributed by atoms with Crippen LogP contribution in [0.25, 0.3) is 0 Å². The lowest BCUT2D eigenvalue weighted by atomic mass is 10.2. The molecule has 0 bridgehead atoms. The van der Waals surface area contributed by atoms with Crippen molar-refractivity contribution in [2.45, 2.75) is 25.9 Å². The number of nitrogens with zero attached hydrogens (tertiary/aromatic N) is 4. The van der Waals surface area contributed by atoms with Crippen LogP contribution in [0.5, 0.6) is 11.7 Å². The van der Waals surface area contributed by atoms with Crippen molar-refractivity contribution in [1.29, 1.82) is 0 Å². The van der Waals surface area contributed by atoms with Crippen molar-refractivity contribution in [3.8, 4) is 11.7 Å². The van der Waals surface area contributed by atoms with E-state index in [9.17, 15) is 14.7 Å². The van der Waals surface area contributed by atoms with Crippen molar-refractivity contribution in [2.75, 3.05) is 18.6 Å². The van der Waals surface area contributed by atoms with E-state index in [1.807, 2.05) is 6.92 Å². The summed E-state index contributed by atoms with van der Waals surface area (Å²) in [6.07, 6.45) is 0.0474. The maximum atomic E-state index is 12.8. The summed E-state index contributed by atoms with van der Waals surface area (Å²) < 4.78 is 11.3. The summed E-state index contributed by atoms with van der Waals surface area (Å²) in [6, 6.07) is 6.15. The lowest BCUT2D eigenvalue weighted by Gasteiger charge is -2.21.